The van der Waals surface area contributed by atoms with E-state index in [2.05, 4.69) is 35.2 Å². The molecule has 0 bridgehead atoms. The van der Waals surface area contributed by atoms with Crippen LogP contribution in [-0.4, -0.2) is 49.0 Å². The van der Waals surface area contributed by atoms with E-state index < -0.39 is 0 Å². The Hall–Kier alpha value is -2.44. The molecule has 134 valence electrons. The normalized spacial score (nSPS) is 15.4. The summed E-state index contributed by atoms with van der Waals surface area (Å²) in [6.07, 6.45) is 0. The Morgan fingerprint density at radius 3 is 2.69 bits per heavy atom. The number of aromatic nitrogens is 1. The van der Waals surface area contributed by atoms with Gasteiger partial charge in [-0.25, -0.2) is 4.98 Å². The molecule has 6 heteroatoms. The van der Waals surface area contributed by atoms with Gasteiger partial charge in [-0.3, -0.25) is 4.79 Å². The number of hydrogen-bond donors (Lipinski definition) is 1. The monoisotopic (exact) mass is 366 g/mol. The standard InChI is InChI=1S/C20H22N4OS/c1-14-12-19(24-9-7-23(2)8-10-24)22-17-6-5-15(13-16(14)17)21-20(25)18-4-3-11-26-18/h3-6,11-13H,7-10H2,1-2H3,(H,21,25). The molecule has 5 nitrogen and oxygen atoms in total. The van der Waals surface area contributed by atoms with E-state index in [4.69, 9.17) is 4.98 Å². The summed E-state index contributed by atoms with van der Waals surface area (Å²) in [5, 5.41) is 5.96. The van der Waals surface area contributed by atoms with Gasteiger partial charge in [0.2, 0.25) is 0 Å². The van der Waals surface area contributed by atoms with Crippen LogP contribution in [-0.2, 0) is 0 Å². The molecular weight excluding hydrogens is 344 g/mol. The summed E-state index contributed by atoms with van der Waals surface area (Å²) in [5.74, 6) is 0.970. The topological polar surface area (TPSA) is 48.5 Å². The van der Waals surface area contributed by atoms with Crippen LogP contribution in [0.4, 0.5) is 11.5 Å². The van der Waals surface area contributed by atoms with E-state index in [-0.39, 0.29) is 5.91 Å². The summed E-state index contributed by atoms with van der Waals surface area (Å²) in [5.41, 5.74) is 2.94. The highest BCUT2D eigenvalue weighted by molar-refractivity contribution is 7.12. The van der Waals surface area contributed by atoms with Gasteiger partial charge in [-0.1, -0.05) is 6.07 Å². The number of fused-ring (bicyclic) bond motifs is 1. The second-order valence-electron chi connectivity index (χ2n) is 6.75. The maximum absolute atomic E-state index is 12.3. The van der Waals surface area contributed by atoms with E-state index in [9.17, 15) is 4.79 Å². The fraction of sp³-hybridized carbons (Fsp3) is 0.300. The summed E-state index contributed by atoms with van der Waals surface area (Å²) in [6.45, 7) is 6.24. The third-order valence-corrected chi connectivity index (χ3v) is 5.70. The van der Waals surface area contributed by atoms with E-state index in [0.29, 0.717) is 4.88 Å². The number of hydrogen-bond acceptors (Lipinski definition) is 5. The molecule has 1 aromatic carbocycles. The van der Waals surface area contributed by atoms with Crippen LogP contribution >= 0.6 is 11.3 Å². The lowest BCUT2D eigenvalue weighted by Gasteiger charge is -2.33. The van der Waals surface area contributed by atoms with E-state index in [1.54, 1.807) is 0 Å². The number of likely N-dealkylation sites (N-methyl/N-ethyl adjacent to an activating group) is 1. The van der Waals surface area contributed by atoms with Gasteiger partial charge in [-0.05, 0) is 55.2 Å². The molecule has 1 fully saturated rings. The van der Waals surface area contributed by atoms with Crippen LogP contribution in [0.1, 0.15) is 15.2 Å². The number of carbonyl (C=O) groups excluding carboxylic acids is 1. The van der Waals surface area contributed by atoms with Gasteiger partial charge in [0, 0.05) is 37.3 Å². The average Bonchev–Trinajstić information content (AvgIpc) is 3.17. The Bertz CT molecular complexity index is 930. The van der Waals surface area contributed by atoms with Crippen molar-refractivity contribution >= 4 is 39.7 Å². The van der Waals surface area contributed by atoms with Gasteiger partial charge in [0.1, 0.15) is 5.82 Å². The fourth-order valence-electron chi connectivity index (χ4n) is 3.25. The Morgan fingerprint density at radius 2 is 1.96 bits per heavy atom. The van der Waals surface area contributed by atoms with Crippen molar-refractivity contribution in [3.8, 4) is 0 Å². The van der Waals surface area contributed by atoms with Gasteiger partial charge >= 0.3 is 0 Å². The van der Waals surface area contributed by atoms with Crippen molar-refractivity contribution < 1.29 is 4.79 Å². The van der Waals surface area contributed by atoms with Gasteiger partial charge < -0.3 is 15.1 Å². The Labute approximate surface area is 157 Å². The highest BCUT2D eigenvalue weighted by atomic mass is 32.1. The molecule has 0 atom stereocenters. The molecule has 4 rings (SSSR count). The molecule has 0 unspecified atom stereocenters. The van der Waals surface area contributed by atoms with Crippen molar-refractivity contribution in [3.05, 3.63) is 52.2 Å². The SMILES string of the molecule is Cc1cc(N2CCN(C)CC2)nc2ccc(NC(=O)c3cccs3)cc12. The third kappa shape index (κ3) is 3.43. The number of carbonyl (C=O) groups is 1. The number of rotatable bonds is 3. The van der Waals surface area contributed by atoms with Crippen molar-refractivity contribution in [2.45, 2.75) is 6.92 Å². The van der Waals surface area contributed by atoms with Crippen molar-refractivity contribution in [2.24, 2.45) is 0 Å². The molecule has 26 heavy (non-hydrogen) atoms. The Kier molecular flexibility index (Phi) is 4.61. The molecule has 3 aromatic rings. The van der Waals surface area contributed by atoms with Crippen LogP contribution < -0.4 is 10.2 Å². The minimum atomic E-state index is -0.0704. The first-order chi connectivity index (χ1) is 12.6. The molecule has 0 aliphatic carbocycles. The summed E-state index contributed by atoms with van der Waals surface area (Å²) in [7, 11) is 2.16. The van der Waals surface area contributed by atoms with Crippen LogP contribution in [0.15, 0.2) is 41.8 Å². The molecule has 0 radical (unpaired) electrons. The summed E-state index contributed by atoms with van der Waals surface area (Å²) in [6, 6.07) is 11.8. The first kappa shape index (κ1) is 17.0. The second-order valence-corrected chi connectivity index (χ2v) is 7.70. The summed E-state index contributed by atoms with van der Waals surface area (Å²) in [4.78, 5) is 22.5. The fourth-order valence-corrected chi connectivity index (χ4v) is 3.87. The van der Waals surface area contributed by atoms with Crippen LogP contribution in [0.25, 0.3) is 10.9 Å². The lowest BCUT2D eigenvalue weighted by atomic mass is 10.1. The molecule has 1 N–H and O–H groups in total. The summed E-state index contributed by atoms with van der Waals surface area (Å²) < 4.78 is 0. The zero-order chi connectivity index (χ0) is 18.1. The number of piperazine rings is 1. The molecule has 1 aliphatic heterocycles. The van der Waals surface area contributed by atoms with Crippen molar-refractivity contribution in [1.82, 2.24) is 9.88 Å². The quantitative estimate of drug-likeness (QED) is 0.769. The lowest BCUT2D eigenvalue weighted by Crippen LogP contribution is -2.44. The average molecular weight is 366 g/mol. The maximum atomic E-state index is 12.3. The zero-order valence-electron chi connectivity index (χ0n) is 15.0. The molecule has 2 aromatic heterocycles. The number of pyridine rings is 1. The first-order valence-electron chi connectivity index (χ1n) is 8.80. The Morgan fingerprint density at radius 1 is 1.15 bits per heavy atom. The smallest absolute Gasteiger partial charge is 0.265 e. The molecule has 3 heterocycles. The third-order valence-electron chi connectivity index (χ3n) is 4.83. The molecule has 1 amide bonds. The number of benzene rings is 1. The molecule has 1 aliphatic rings. The minimum Gasteiger partial charge on any atom is -0.354 e. The number of amides is 1. The van der Waals surface area contributed by atoms with Crippen LogP contribution in [0.2, 0.25) is 0 Å². The molecular formula is C20H22N4OS. The highest BCUT2D eigenvalue weighted by Gasteiger charge is 2.16. The number of thiophene rings is 1. The minimum absolute atomic E-state index is 0.0704. The van der Waals surface area contributed by atoms with Crippen molar-refractivity contribution in [2.75, 3.05) is 43.4 Å². The van der Waals surface area contributed by atoms with Crippen LogP contribution in [0, 0.1) is 6.92 Å². The van der Waals surface area contributed by atoms with E-state index in [1.165, 1.54) is 16.9 Å². The van der Waals surface area contributed by atoms with Gasteiger partial charge in [-0.15, -0.1) is 11.3 Å². The number of nitrogens with one attached hydrogen (secondary N) is 1. The highest BCUT2D eigenvalue weighted by Crippen LogP contribution is 2.26. The number of nitrogens with zero attached hydrogens (tertiary/aromatic N) is 3. The zero-order valence-corrected chi connectivity index (χ0v) is 15.8. The largest absolute Gasteiger partial charge is 0.354 e. The second kappa shape index (κ2) is 7.05. The van der Waals surface area contributed by atoms with Gasteiger partial charge in [0.25, 0.3) is 5.91 Å². The van der Waals surface area contributed by atoms with Crippen LogP contribution in [0.3, 0.4) is 0 Å². The van der Waals surface area contributed by atoms with Crippen molar-refractivity contribution in [1.29, 1.82) is 0 Å². The van der Waals surface area contributed by atoms with E-state index in [1.807, 2.05) is 35.7 Å². The first-order valence-corrected chi connectivity index (χ1v) is 9.68. The number of anilines is 2. The molecule has 0 spiro atoms. The molecule has 1 saturated heterocycles. The van der Waals surface area contributed by atoms with Crippen molar-refractivity contribution in [3.63, 3.8) is 0 Å². The van der Waals surface area contributed by atoms with E-state index in [0.717, 1.165) is 48.6 Å². The maximum Gasteiger partial charge on any atom is 0.265 e. The summed E-state index contributed by atoms with van der Waals surface area (Å²) >= 11 is 1.44. The molecule has 0 saturated carbocycles. The van der Waals surface area contributed by atoms with Crippen LogP contribution in [0.5, 0.6) is 0 Å². The van der Waals surface area contributed by atoms with Gasteiger partial charge in [0.05, 0.1) is 10.4 Å². The number of aryl methyl sites for hydroxylation is 1. The lowest BCUT2D eigenvalue weighted by molar-refractivity contribution is 0.103. The van der Waals surface area contributed by atoms with Gasteiger partial charge in [0.15, 0.2) is 0 Å². The van der Waals surface area contributed by atoms with E-state index >= 15 is 0 Å². The predicted octanol–water partition coefficient (Wildman–Crippen LogP) is 3.61. The predicted molar refractivity (Wildman–Crippen MR) is 108 cm³/mol. The van der Waals surface area contributed by atoms with Gasteiger partial charge in [-0.2, -0.15) is 0 Å². The Balaban J connectivity index is 1.59.